The zero-order valence-electron chi connectivity index (χ0n) is 13.3. The molecule has 0 fully saturated rings. The Bertz CT molecular complexity index is 756. The van der Waals surface area contributed by atoms with E-state index < -0.39 is 11.8 Å². The minimum Gasteiger partial charge on any atom is -0.486 e. The summed E-state index contributed by atoms with van der Waals surface area (Å²) in [6.07, 6.45) is 0.916. The van der Waals surface area contributed by atoms with Crippen LogP contribution in [0.4, 0.5) is 11.4 Å². The summed E-state index contributed by atoms with van der Waals surface area (Å²) in [5.41, 5.74) is 2.21. The molecule has 124 valence electrons. The summed E-state index contributed by atoms with van der Waals surface area (Å²) in [4.78, 5) is 24.0. The van der Waals surface area contributed by atoms with Gasteiger partial charge in [0.05, 0.1) is 0 Å². The summed E-state index contributed by atoms with van der Waals surface area (Å²) in [6.45, 7) is 3.00. The number of fused-ring (bicyclic) bond motifs is 1. The largest absolute Gasteiger partial charge is 0.486 e. The zero-order chi connectivity index (χ0) is 16.9. The van der Waals surface area contributed by atoms with Crippen molar-refractivity contribution >= 4 is 23.2 Å². The SMILES string of the molecule is CCc1ccc(NC(=O)C(=O)Nc2ccc3c(c2)OCCO3)cc1. The van der Waals surface area contributed by atoms with Crippen LogP contribution in [0, 0.1) is 0 Å². The van der Waals surface area contributed by atoms with Gasteiger partial charge in [0.1, 0.15) is 13.2 Å². The second kappa shape index (κ2) is 7.04. The predicted octanol–water partition coefficient (Wildman–Crippen LogP) is 2.60. The molecule has 0 unspecified atom stereocenters. The first-order valence-corrected chi connectivity index (χ1v) is 7.76. The van der Waals surface area contributed by atoms with Crippen molar-refractivity contribution in [2.24, 2.45) is 0 Å². The molecule has 2 aromatic rings. The Morgan fingerprint density at radius 2 is 1.46 bits per heavy atom. The molecule has 24 heavy (non-hydrogen) atoms. The van der Waals surface area contributed by atoms with Crippen molar-refractivity contribution in [2.45, 2.75) is 13.3 Å². The van der Waals surface area contributed by atoms with Crippen LogP contribution in [0.1, 0.15) is 12.5 Å². The highest BCUT2D eigenvalue weighted by atomic mass is 16.6. The highest BCUT2D eigenvalue weighted by Crippen LogP contribution is 2.32. The number of amides is 2. The van der Waals surface area contributed by atoms with Crippen molar-refractivity contribution in [3.63, 3.8) is 0 Å². The lowest BCUT2D eigenvalue weighted by molar-refractivity contribution is -0.133. The van der Waals surface area contributed by atoms with Gasteiger partial charge < -0.3 is 20.1 Å². The Morgan fingerprint density at radius 1 is 0.875 bits per heavy atom. The Morgan fingerprint density at radius 3 is 2.12 bits per heavy atom. The number of carbonyl (C=O) groups excluding carboxylic acids is 2. The molecule has 2 N–H and O–H groups in total. The van der Waals surface area contributed by atoms with Crippen LogP contribution in [-0.4, -0.2) is 25.0 Å². The van der Waals surface area contributed by atoms with Gasteiger partial charge in [-0.05, 0) is 36.2 Å². The maximum absolute atomic E-state index is 12.0. The molecule has 0 aliphatic carbocycles. The van der Waals surface area contributed by atoms with Crippen LogP contribution in [0.2, 0.25) is 0 Å². The van der Waals surface area contributed by atoms with Gasteiger partial charge in [0.2, 0.25) is 0 Å². The van der Waals surface area contributed by atoms with Crippen molar-refractivity contribution in [3.05, 3.63) is 48.0 Å². The number of hydrogen-bond acceptors (Lipinski definition) is 4. The summed E-state index contributed by atoms with van der Waals surface area (Å²) in [5, 5.41) is 5.12. The fraction of sp³-hybridized carbons (Fsp3) is 0.222. The van der Waals surface area contributed by atoms with Crippen molar-refractivity contribution in [1.82, 2.24) is 0 Å². The van der Waals surface area contributed by atoms with Gasteiger partial charge in [0.25, 0.3) is 0 Å². The summed E-state index contributed by atoms with van der Waals surface area (Å²) < 4.78 is 10.9. The number of aryl methyl sites for hydroxylation is 1. The minimum absolute atomic E-state index is 0.457. The molecular weight excluding hydrogens is 308 g/mol. The third-order valence-corrected chi connectivity index (χ3v) is 3.63. The normalized spacial score (nSPS) is 12.4. The first-order chi connectivity index (χ1) is 11.7. The van der Waals surface area contributed by atoms with Crippen LogP contribution in [0.15, 0.2) is 42.5 Å². The standard InChI is InChI=1S/C18H18N2O4/c1-2-12-3-5-13(6-4-12)19-17(21)18(22)20-14-7-8-15-16(11-14)24-10-9-23-15/h3-8,11H,2,9-10H2,1H3,(H,19,21)(H,20,22). The molecule has 0 radical (unpaired) electrons. The molecule has 2 aromatic carbocycles. The molecule has 2 amide bonds. The first-order valence-electron chi connectivity index (χ1n) is 7.76. The average Bonchev–Trinajstić information content (AvgIpc) is 2.62. The van der Waals surface area contributed by atoms with Crippen molar-refractivity contribution in [3.8, 4) is 11.5 Å². The molecule has 3 rings (SSSR count). The summed E-state index contributed by atoms with van der Waals surface area (Å²) >= 11 is 0. The first kappa shape index (κ1) is 15.9. The number of hydrogen-bond donors (Lipinski definition) is 2. The number of benzene rings is 2. The topological polar surface area (TPSA) is 76.7 Å². The third-order valence-electron chi connectivity index (χ3n) is 3.63. The van der Waals surface area contributed by atoms with E-state index in [9.17, 15) is 9.59 Å². The van der Waals surface area contributed by atoms with E-state index in [2.05, 4.69) is 10.6 Å². The highest BCUT2D eigenvalue weighted by Gasteiger charge is 2.16. The average molecular weight is 326 g/mol. The van der Waals surface area contributed by atoms with E-state index in [-0.39, 0.29) is 0 Å². The summed E-state index contributed by atoms with van der Waals surface area (Å²) in [5.74, 6) is -0.297. The van der Waals surface area contributed by atoms with Crippen molar-refractivity contribution < 1.29 is 19.1 Å². The van der Waals surface area contributed by atoms with Gasteiger partial charge in [-0.2, -0.15) is 0 Å². The molecule has 6 heteroatoms. The predicted molar refractivity (Wildman–Crippen MR) is 90.5 cm³/mol. The second-order valence-electron chi connectivity index (χ2n) is 5.32. The van der Waals surface area contributed by atoms with Crippen LogP contribution in [0.5, 0.6) is 11.5 Å². The quantitative estimate of drug-likeness (QED) is 0.850. The van der Waals surface area contributed by atoms with Crippen molar-refractivity contribution in [2.75, 3.05) is 23.8 Å². The fourth-order valence-electron chi connectivity index (χ4n) is 2.32. The summed E-state index contributed by atoms with van der Waals surface area (Å²) in [7, 11) is 0. The molecular formula is C18H18N2O4. The number of anilines is 2. The molecule has 0 saturated heterocycles. The van der Waals surface area contributed by atoms with E-state index >= 15 is 0 Å². The lowest BCUT2D eigenvalue weighted by Crippen LogP contribution is -2.29. The Balaban J connectivity index is 1.62. The Labute approximate surface area is 139 Å². The number of nitrogens with one attached hydrogen (secondary N) is 2. The van der Waals surface area contributed by atoms with Gasteiger partial charge in [-0.15, -0.1) is 0 Å². The number of ether oxygens (including phenoxy) is 2. The van der Waals surface area contributed by atoms with Gasteiger partial charge >= 0.3 is 11.8 Å². The van der Waals surface area contributed by atoms with E-state index in [0.29, 0.717) is 36.1 Å². The molecule has 1 aliphatic rings. The monoisotopic (exact) mass is 326 g/mol. The van der Waals surface area contributed by atoms with Gasteiger partial charge in [0.15, 0.2) is 11.5 Å². The zero-order valence-corrected chi connectivity index (χ0v) is 13.3. The van der Waals surface area contributed by atoms with E-state index in [1.807, 2.05) is 19.1 Å². The smallest absolute Gasteiger partial charge is 0.314 e. The van der Waals surface area contributed by atoms with Crippen LogP contribution in [0.3, 0.4) is 0 Å². The van der Waals surface area contributed by atoms with Crippen LogP contribution >= 0.6 is 0 Å². The Hall–Kier alpha value is -3.02. The maximum Gasteiger partial charge on any atom is 0.314 e. The maximum atomic E-state index is 12.0. The van der Waals surface area contributed by atoms with Gasteiger partial charge in [-0.1, -0.05) is 19.1 Å². The van der Waals surface area contributed by atoms with Crippen LogP contribution in [-0.2, 0) is 16.0 Å². The Kier molecular flexibility index (Phi) is 4.65. The molecule has 0 bridgehead atoms. The molecule has 0 aromatic heterocycles. The molecule has 0 saturated carbocycles. The summed E-state index contributed by atoms with van der Waals surface area (Å²) in [6, 6.07) is 12.4. The van der Waals surface area contributed by atoms with E-state index in [1.54, 1.807) is 30.3 Å². The molecule has 0 spiro atoms. The van der Waals surface area contributed by atoms with E-state index in [0.717, 1.165) is 12.0 Å². The lowest BCUT2D eigenvalue weighted by Gasteiger charge is -2.18. The van der Waals surface area contributed by atoms with E-state index in [1.165, 1.54) is 0 Å². The van der Waals surface area contributed by atoms with E-state index in [4.69, 9.17) is 9.47 Å². The molecule has 1 heterocycles. The van der Waals surface area contributed by atoms with Gasteiger partial charge in [-0.3, -0.25) is 9.59 Å². The minimum atomic E-state index is -0.744. The van der Waals surface area contributed by atoms with Crippen LogP contribution < -0.4 is 20.1 Å². The lowest BCUT2D eigenvalue weighted by atomic mass is 10.1. The molecule has 6 nitrogen and oxygen atoms in total. The third kappa shape index (κ3) is 3.65. The molecule has 1 aliphatic heterocycles. The number of carbonyl (C=O) groups is 2. The number of rotatable bonds is 3. The second-order valence-corrected chi connectivity index (χ2v) is 5.32. The van der Waals surface area contributed by atoms with Crippen LogP contribution in [0.25, 0.3) is 0 Å². The van der Waals surface area contributed by atoms with Crippen molar-refractivity contribution in [1.29, 1.82) is 0 Å². The fourth-order valence-corrected chi connectivity index (χ4v) is 2.32. The molecule has 0 atom stereocenters. The highest BCUT2D eigenvalue weighted by molar-refractivity contribution is 6.43. The van der Waals surface area contributed by atoms with Gasteiger partial charge in [0, 0.05) is 17.4 Å². The van der Waals surface area contributed by atoms with Gasteiger partial charge in [-0.25, -0.2) is 0 Å².